The third kappa shape index (κ3) is 3.80. The number of methoxy groups -OCH3 is 1. The lowest BCUT2D eigenvalue weighted by molar-refractivity contribution is -0.138. The number of rotatable bonds is 5. The molecule has 27 heavy (non-hydrogen) atoms. The number of carbonyl (C=O) groups excluding carboxylic acids is 1. The molecule has 0 unspecified atom stereocenters. The summed E-state index contributed by atoms with van der Waals surface area (Å²) < 4.78 is 32.6. The standard InChI is InChI=1S/C21H21NO4S/c1-15-8-11-20(16(2)12-15)22(14-21(23)26-3)27(24,25)19-10-9-17-6-4-5-7-18(17)13-19/h4-13H,14H2,1-3H3. The predicted octanol–water partition coefficient (Wildman–Crippen LogP) is 3.82. The number of aryl methyl sites for hydroxylation is 2. The van der Waals surface area contributed by atoms with Gasteiger partial charge in [-0.2, -0.15) is 0 Å². The first-order valence-electron chi connectivity index (χ1n) is 8.48. The van der Waals surface area contributed by atoms with Gasteiger partial charge in [0, 0.05) is 0 Å². The van der Waals surface area contributed by atoms with E-state index in [1.807, 2.05) is 50.2 Å². The SMILES string of the molecule is COC(=O)CN(c1ccc(C)cc1C)S(=O)(=O)c1ccc2ccccc2c1. The smallest absolute Gasteiger partial charge is 0.326 e. The number of ether oxygens (including phenoxy) is 1. The molecule has 0 saturated carbocycles. The molecule has 0 aliphatic rings. The normalized spacial score (nSPS) is 11.4. The van der Waals surface area contributed by atoms with Crippen LogP contribution in [0.25, 0.3) is 10.8 Å². The Hall–Kier alpha value is -2.86. The quantitative estimate of drug-likeness (QED) is 0.628. The van der Waals surface area contributed by atoms with Gasteiger partial charge < -0.3 is 4.74 Å². The fourth-order valence-corrected chi connectivity index (χ4v) is 4.53. The van der Waals surface area contributed by atoms with Crippen LogP contribution < -0.4 is 4.31 Å². The Bertz CT molecular complexity index is 1110. The van der Waals surface area contributed by atoms with Crippen LogP contribution in [0.1, 0.15) is 11.1 Å². The van der Waals surface area contributed by atoms with Crippen LogP contribution in [0.5, 0.6) is 0 Å². The molecule has 0 atom stereocenters. The van der Waals surface area contributed by atoms with E-state index in [1.165, 1.54) is 7.11 Å². The van der Waals surface area contributed by atoms with Gasteiger partial charge >= 0.3 is 5.97 Å². The number of sulfonamides is 1. The first-order chi connectivity index (χ1) is 12.8. The average Bonchev–Trinajstić information content (AvgIpc) is 2.66. The third-order valence-electron chi connectivity index (χ3n) is 4.43. The molecule has 0 bridgehead atoms. The van der Waals surface area contributed by atoms with Gasteiger partial charge in [0.2, 0.25) is 0 Å². The molecular weight excluding hydrogens is 362 g/mol. The van der Waals surface area contributed by atoms with Gasteiger partial charge in [0.05, 0.1) is 17.7 Å². The van der Waals surface area contributed by atoms with Gasteiger partial charge in [-0.15, -0.1) is 0 Å². The summed E-state index contributed by atoms with van der Waals surface area (Å²) in [4.78, 5) is 12.1. The number of esters is 1. The van der Waals surface area contributed by atoms with Crippen molar-refractivity contribution in [1.29, 1.82) is 0 Å². The molecule has 0 fully saturated rings. The molecule has 0 heterocycles. The van der Waals surface area contributed by atoms with Gasteiger partial charge in [0.1, 0.15) is 6.54 Å². The molecule has 3 aromatic rings. The van der Waals surface area contributed by atoms with Crippen LogP contribution in [-0.2, 0) is 19.6 Å². The van der Waals surface area contributed by atoms with Gasteiger partial charge in [0.25, 0.3) is 10.0 Å². The number of anilines is 1. The molecule has 0 spiro atoms. The molecule has 0 saturated heterocycles. The van der Waals surface area contributed by atoms with Crippen LogP contribution in [0.4, 0.5) is 5.69 Å². The summed E-state index contributed by atoms with van der Waals surface area (Å²) in [6.07, 6.45) is 0. The predicted molar refractivity (Wildman–Crippen MR) is 106 cm³/mol. The summed E-state index contributed by atoms with van der Waals surface area (Å²) in [5.74, 6) is -0.626. The van der Waals surface area contributed by atoms with Crippen molar-refractivity contribution in [3.63, 3.8) is 0 Å². The van der Waals surface area contributed by atoms with Gasteiger partial charge in [0.15, 0.2) is 0 Å². The van der Waals surface area contributed by atoms with Crippen LogP contribution in [0.2, 0.25) is 0 Å². The maximum Gasteiger partial charge on any atom is 0.326 e. The molecule has 5 nitrogen and oxygen atoms in total. The molecule has 0 amide bonds. The summed E-state index contributed by atoms with van der Waals surface area (Å²) in [5.41, 5.74) is 2.24. The third-order valence-corrected chi connectivity index (χ3v) is 6.19. The van der Waals surface area contributed by atoms with Gasteiger partial charge in [-0.25, -0.2) is 8.42 Å². The molecule has 0 aliphatic heterocycles. The number of benzene rings is 3. The average molecular weight is 383 g/mol. The summed E-state index contributed by atoms with van der Waals surface area (Å²) in [6.45, 7) is 3.36. The number of nitrogens with zero attached hydrogens (tertiary/aromatic N) is 1. The van der Waals surface area contributed by atoms with E-state index in [0.29, 0.717) is 5.69 Å². The van der Waals surface area contributed by atoms with Crippen molar-refractivity contribution >= 4 is 32.5 Å². The number of hydrogen-bond acceptors (Lipinski definition) is 4. The topological polar surface area (TPSA) is 63.7 Å². The van der Waals surface area contributed by atoms with Crippen LogP contribution >= 0.6 is 0 Å². The lowest BCUT2D eigenvalue weighted by Gasteiger charge is -2.25. The van der Waals surface area contributed by atoms with Gasteiger partial charge in [-0.3, -0.25) is 9.10 Å². The minimum atomic E-state index is -3.95. The highest BCUT2D eigenvalue weighted by molar-refractivity contribution is 7.92. The lowest BCUT2D eigenvalue weighted by Crippen LogP contribution is -2.36. The van der Waals surface area contributed by atoms with Crippen molar-refractivity contribution in [1.82, 2.24) is 0 Å². The van der Waals surface area contributed by atoms with Crippen molar-refractivity contribution in [3.05, 3.63) is 71.8 Å². The summed E-state index contributed by atoms with van der Waals surface area (Å²) >= 11 is 0. The Morgan fingerprint density at radius 3 is 2.33 bits per heavy atom. The van der Waals surface area contributed by atoms with Crippen molar-refractivity contribution in [2.24, 2.45) is 0 Å². The van der Waals surface area contributed by atoms with E-state index in [4.69, 9.17) is 4.74 Å². The van der Waals surface area contributed by atoms with Crippen molar-refractivity contribution in [3.8, 4) is 0 Å². The Morgan fingerprint density at radius 1 is 0.963 bits per heavy atom. The number of carbonyl (C=O) groups is 1. The zero-order chi connectivity index (χ0) is 19.6. The molecule has 0 aliphatic carbocycles. The van der Waals surface area contributed by atoms with Crippen LogP contribution in [-0.4, -0.2) is 28.0 Å². The summed E-state index contributed by atoms with van der Waals surface area (Å²) in [6, 6.07) is 17.9. The second-order valence-electron chi connectivity index (χ2n) is 6.39. The Kier molecular flexibility index (Phi) is 5.19. The van der Waals surface area contributed by atoms with Crippen LogP contribution in [0.3, 0.4) is 0 Å². The Morgan fingerprint density at radius 2 is 1.67 bits per heavy atom. The van der Waals surface area contributed by atoms with Gasteiger partial charge in [-0.05, 0) is 48.4 Å². The Labute approximate surface area is 159 Å². The molecule has 0 N–H and O–H groups in total. The minimum Gasteiger partial charge on any atom is -0.468 e. The molecule has 140 valence electrons. The number of hydrogen-bond donors (Lipinski definition) is 0. The van der Waals surface area contributed by atoms with Crippen molar-refractivity contribution in [2.75, 3.05) is 18.0 Å². The van der Waals surface area contributed by atoms with E-state index < -0.39 is 22.5 Å². The fourth-order valence-electron chi connectivity index (χ4n) is 3.02. The van der Waals surface area contributed by atoms with Crippen molar-refractivity contribution < 1.29 is 17.9 Å². The van der Waals surface area contributed by atoms with Gasteiger partial charge in [-0.1, -0.05) is 48.0 Å². The second kappa shape index (κ2) is 7.40. The van der Waals surface area contributed by atoms with Crippen molar-refractivity contribution in [2.45, 2.75) is 18.7 Å². The maximum absolute atomic E-state index is 13.4. The molecular formula is C21H21NO4S. The largest absolute Gasteiger partial charge is 0.468 e. The molecule has 3 rings (SSSR count). The van der Waals surface area contributed by atoms with Crippen LogP contribution in [0, 0.1) is 13.8 Å². The van der Waals surface area contributed by atoms with E-state index >= 15 is 0 Å². The van der Waals surface area contributed by atoms with E-state index in [0.717, 1.165) is 26.2 Å². The van der Waals surface area contributed by atoms with E-state index in [-0.39, 0.29) is 4.90 Å². The van der Waals surface area contributed by atoms with Crippen LogP contribution in [0.15, 0.2) is 65.6 Å². The summed E-state index contributed by atoms with van der Waals surface area (Å²) in [7, 11) is -2.71. The zero-order valence-electron chi connectivity index (χ0n) is 15.5. The summed E-state index contributed by atoms with van der Waals surface area (Å²) in [5, 5.41) is 1.76. The Balaban J connectivity index is 2.14. The monoisotopic (exact) mass is 383 g/mol. The number of fused-ring (bicyclic) bond motifs is 1. The highest BCUT2D eigenvalue weighted by Gasteiger charge is 2.28. The molecule has 0 aromatic heterocycles. The second-order valence-corrected chi connectivity index (χ2v) is 8.25. The van der Waals surface area contributed by atoms with E-state index in [2.05, 4.69) is 0 Å². The highest BCUT2D eigenvalue weighted by Crippen LogP contribution is 2.29. The fraction of sp³-hybridized carbons (Fsp3) is 0.190. The molecule has 6 heteroatoms. The first-order valence-corrected chi connectivity index (χ1v) is 9.92. The lowest BCUT2D eigenvalue weighted by atomic mass is 10.1. The minimum absolute atomic E-state index is 0.130. The molecule has 3 aromatic carbocycles. The highest BCUT2D eigenvalue weighted by atomic mass is 32.2. The zero-order valence-corrected chi connectivity index (χ0v) is 16.3. The molecule has 0 radical (unpaired) electrons. The maximum atomic E-state index is 13.4. The first kappa shape index (κ1) is 18.9. The van der Waals surface area contributed by atoms with E-state index in [1.54, 1.807) is 24.3 Å². The van der Waals surface area contributed by atoms with E-state index in [9.17, 15) is 13.2 Å².